The van der Waals surface area contributed by atoms with Crippen LogP contribution in [-0.2, 0) is 13.0 Å². The van der Waals surface area contributed by atoms with Gasteiger partial charge in [0.2, 0.25) is 0 Å². The second kappa shape index (κ2) is 9.30. The number of likely N-dealkylation sites (tertiary alicyclic amines) is 1. The molecule has 152 valence electrons. The van der Waals surface area contributed by atoms with E-state index in [0.717, 1.165) is 61.7 Å². The maximum absolute atomic E-state index is 10.3. The Kier molecular flexibility index (Phi) is 6.81. The van der Waals surface area contributed by atoms with E-state index in [-0.39, 0.29) is 12.0 Å². The first kappa shape index (κ1) is 20.5. The van der Waals surface area contributed by atoms with Crippen molar-refractivity contribution in [2.24, 2.45) is 5.41 Å². The van der Waals surface area contributed by atoms with E-state index in [1.165, 1.54) is 5.56 Å². The summed E-state index contributed by atoms with van der Waals surface area (Å²) < 4.78 is 16.4. The average Bonchev–Trinajstić information content (AvgIpc) is 2.73. The highest BCUT2D eigenvalue weighted by molar-refractivity contribution is 5.46. The van der Waals surface area contributed by atoms with Crippen LogP contribution >= 0.6 is 0 Å². The van der Waals surface area contributed by atoms with Gasteiger partial charge in [-0.25, -0.2) is 0 Å². The first-order chi connectivity index (χ1) is 13.6. The Bertz CT molecular complexity index is 779. The van der Waals surface area contributed by atoms with E-state index in [1.807, 2.05) is 24.3 Å². The summed E-state index contributed by atoms with van der Waals surface area (Å²) in [4.78, 5) is 2.41. The minimum atomic E-state index is -0.142. The highest BCUT2D eigenvalue weighted by Crippen LogP contribution is 2.37. The van der Waals surface area contributed by atoms with E-state index in [4.69, 9.17) is 14.2 Å². The zero-order chi connectivity index (χ0) is 20.0. The fraction of sp³-hybridized carbons (Fsp3) is 0.478. The molecule has 5 heteroatoms. The van der Waals surface area contributed by atoms with Crippen LogP contribution in [0.25, 0.3) is 0 Å². The molecular formula is C23H31NO4. The third-order valence-electron chi connectivity index (χ3n) is 5.67. The Labute approximate surface area is 167 Å². The molecule has 28 heavy (non-hydrogen) atoms. The fourth-order valence-electron chi connectivity index (χ4n) is 4.31. The number of ether oxygens (including phenoxy) is 3. The molecule has 0 aliphatic carbocycles. The van der Waals surface area contributed by atoms with Gasteiger partial charge in [0.15, 0.2) is 11.5 Å². The molecule has 5 nitrogen and oxygen atoms in total. The molecule has 0 bridgehead atoms. The number of nitrogens with zero attached hydrogens (tertiary/aromatic N) is 1. The lowest BCUT2D eigenvalue weighted by atomic mass is 9.75. The van der Waals surface area contributed by atoms with Crippen molar-refractivity contribution in [1.29, 1.82) is 0 Å². The summed E-state index contributed by atoms with van der Waals surface area (Å²) in [5.74, 6) is 2.40. The smallest absolute Gasteiger partial charge is 0.165 e. The van der Waals surface area contributed by atoms with Gasteiger partial charge in [0.1, 0.15) is 5.75 Å². The number of benzene rings is 2. The van der Waals surface area contributed by atoms with Gasteiger partial charge in [-0.05, 0) is 49.6 Å². The van der Waals surface area contributed by atoms with Crippen LogP contribution in [0.4, 0.5) is 0 Å². The number of aliphatic hydroxyl groups excluding tert-OH is 1. The second-order valence-electron chi connectivity index (χ2n) is 7.65. The monoisotopic (exact) mass is 385 g/mol. The first-order valence-corrected chi connectivity index (χ1v) is 9.79. The Morgan fingerprint density at radius 1 is 1.04 bits per heavy atom. The number of para-hydroxylation sites is 1. The van der Waals surface area contributed by atoms with E-state index < -0.39 is 0 Å². The number of methoxy groups -OCH3 is 3. The van der Waals surface area contributed by atoms with E-state index in [9.17, 15) is 5.11 Å². The van der Waals surface area contributed by atoms with Crippen molar-refractivity contribution in [2.75, 3.05) is 41.0 Å². The van der Waals surface area contributed by atoms with Crippen LogP contribution < -0.4 is 14.2 Å². The molecule has 1 heterocycles. The van der Waals surface area contributed by atoms with Crippen molar-refractivity contribution >= 4 is 0 Å². The highest BCUT2D eigenvalue weighted by atomic mass is 16.5. The van der Waals surface area contributed by atoms with Gasteiger partial charge in [-0.3, -0.25) is 4.90 Å². The summed E-state index contributed by atoms with van der Waals surface area (Å²) in [5, 5.41) is 10.3. The summed E-state index contributed by atoms with van der Waals surface area (Å²) in [6.07, 6.45) is 2.93. The minimum Gasteiger partial charge on any atom is -0.497 e. The molecule has 1 N–H and O–H groups in total. The Morgan fingerprint density at radius 2 is 1.86 bits per heavy atom. The number of rotatable bonds is 8. The van der Waals surface area contributed by atoms with Gasteiger partial charge in [0.25, 0.3) is 0 Å². The van der Waals surface area contributed by atoms with Crippen molar-refractivity contribution in [3.8, 4) is 17.2 Å². The molecule has 1 unspecified atom stereocenters. The van der Waals surface area contributed by atoms with Crippen LogP contribution in [0.15, 0.2) is 42.5 Å². The third kappa shape index (κ3) is 4.59. The van der Waals surface area contributed by atoms with Gasteiger partial charge >= 0.3 is 0 Å². The predicted octanol–water partition coefficient (Wildman–Crippen LogP) is 3.53. The van der Waals surface area contributed by atoms with Crippen molar-refractivity contribution in [3.05, 3.63) is 53.6 Å². The van der Waals surface area contributed by atoms with Gasteiger partial charge in [-0.2, -0.15) is 0 Å². The normalized spacial score (nSPS) is 20.0. The summed E-state index contributed by atoms with van der Waals surface area (Å²) in [5.41, 5.74) is 2.17. The molecular weight excluding hydrogens is 354 g/mol. The number of hydrogen-bond donors (Lipinski definition) is 1. The third-order valence-corrected chi connectivity index (χ3v) is 5.67. The SMILES string of the molecule is COc1cccc(CC2(CO)CCCN(Cc3cccc(OC)c3OC)C2)c1. The van der Waals surface area contributed by atoms with Gasteiger partial charge < -0.3 is 19.3 Å². The zero-order valence-electron chi connectivity index (χ0n) is 17.1. The molecule has 1 aliphatic rings. The van der Waals surface area contributed by atoms with Crippen LogP contribution in [0.5, 0.6) is 17.2 Å². The molecule has 3 rings (SSSR count). The van der Waals surface area contributed by atoms with Crippen molar-refractivity contribution < 1.29 is 19.3 Å². The van der Waals surface area contributed by atoms with Crippen molar-refractivity contribution in [2.45, 2.75) is 25.8 Å². The van der Waals surface area contributed by atoms with Crippen molar-refractivity contribution in [3.63, 3.8) is 0 Å². The number of hydrogen-bond acceptors (Lipinski definition) is 5. The average molecular weight is 386 g/mol. The predicted molar refractivity (Wildman–Crippen MR) is 110 cm³/mol. The minimum absolute atomic E-state index is 0.142. The molecule has 0 spiro atoms. The maximum Gasteiger partial charge on any atom is 0.165 e. The van der Waals surface area contributed by atoms with Crippen LogP contribution in [0.1, 0.15) is 24.0 Å². The summed E-state index contributed by atoms with van der Waals surface area (Å²) in [7, 11) is 5.02. The molecule has 0 radical (unpaired) electrons. The lowest BCUT2D eigenvalue weighted by molar-refractivity contribution is 0.0285. The van der Waals surface area contributed by atoms with Crippen LogP contribution in [-0.4, -0.2) is 51.0 Å². The molecule has 1 saturated heterocycles. The molecule has 0 saturated carbocycles. The van der Waals surface area contributed by atoms with E-state index in [2.05, 4.69) is 23.1 Å². The second-order valence-corrected chi connectivity index (χ2v) is 7.65. The Morgan fingerprint density at radius 3 is 2.57 bits per heavy atom. The quantitative estimate of drug-likeness (QED) is 0.753. The standard InChI is InChI=1S/C23H31NO4/c1-26-20-9-4-7-18(13-20)14-23(17-25)11-6-12-24(16-23)15-19-8-5-10-21(27-2)22(19)28-3/h4-5,7-10,13,25H,6,11-12,14-17H2,1-3H3. The van der Waals surface area contributed by atoms with Gasteiger partial charge in [-0.1, -0.05) is 24.3 Å². The topological polar surface area (TPSA) is 51.2 Å². The van der Waals surface area contributed by atoms with Crippen LogP contribution in [0, 0.1) is 5.41 Å². The van der Waals surface area contributed by atoms with Crippen molar-refractivity contribution in [1.82, 2.24) is 4.90 Å². The summed E-state index contributed by atoms with van der Waals surface area (Å²) in [6, 6.07) is 14.2. The Hall–Kier alpha value is -2.24. The largest absolute Gasteiger partial charge is 0.497 e. The molecule has 1 aliphatic heterocycles. The lowest BCUT2D eigenvalue weighted by Crippen LogP contribution is -2.46. The number of piperidine rings is 1. The van der Waals surface area contributed by atoms with Crippen LogP contribution in [0.2, 0.25) is 0 Å². The molecule has 0 amide bonds. The zero-order valence-corrected chi connectivity index (χ0v) is 17.1. The molecule has 2 aromatic rings. The van der Waals surface area contributed by atoms with Gasteiger partial charge in [-0.15, -0.1) is 0 Å². The fourth-order valence-corrected chi connectivity index (χ4v) is 4.31. The molecule has 1 fully saturated rings. The van der Waals surface area contributed by atoms with Gasteiger partial charge in [0, 0.05) is 24.1 Å². The van der Waals surface area contributed by atoms with E-state index >= 15 is 0 Å². The Balaban J connectivity index is 1.76. The first-order valence-electron chi connectivity index (χ1n) is 9.79. The lowest BCUT2D eigenvalue weighted by Gasteiger charge is -2.42. The van der Waals surface area contributed by atoms with E-state index in [1.54, 1.807) is 21.3 Å². The molecule has 2 aromatic carbocycles. The number of aliphatic hydroxyl groups is 1. The highest BCUT2D eigenvalue weighted by Gasteiger charge is 2.35. The maximum atomic E-state index is 10.3. The van der Waals surface area contributed by atoms with Crippen LogP contribution in [0.3, 0.4) is 0 Å². The van der Waals surface area contributed by atoms with E-state index in [0.29, 0.717) is 0 Å². The summed E-state index contributed by atoms with van der Waals surface area (Å²) >= 11 is 0. The van der Waals surface area contributed by atoms with Gasteiger partial charge in [0.05, 0.1) is 27.9 Å². The molecule has 0 aromatic heterocycles. The molecule has 1 atom stereocenters. The summed E-state index contributed by atoms with van der Waals surface area (Å²) in [6.45, 7) is 2.82.